The molecule has 0 aliphatic carbocycles. The van der Waals surface area contributed by atoms with Crippen molar-refractivity contribution >= 4 is 23.2 Å². The van der Waals surface area contributed by atoms with Crippen LogP contribution in [0.3, 0.4) is 0 Å². The lowest BCUT2D eigenvalue weighted by Gasteiger charge is -2.18. The number of aromatic nitrogens is 2. The molecule has 3 aromatic heterocycles. The zero-order valence-corrected chi connectivity index (χ0v) is 15.6. The van der Waals surface area contributed by atoms with Crippen LogP contribution < -0.4 is 10.6 Å². The van der Waals surface area contributed by atoms with Crippen molar-refractivity contribution in [2.75, 3.05) is 18.5 Å². The van der Waals surface area contributed by atoms with Gasteiger partial charge in [0.05, 0.1) is 36.4 Å². The molecule has 5 rings (SSSR count). The van der Waals surface area contributed by atoms with Crippen LogP contribution in [0.1, 0.15) is 9.67 Å². The lowest BCUT2D eigenvalue weighted by Crippen LogP contribution is -2.44. The van der Waals surface area contributed by atoms with Crippen LogP contribution in [0.15, 0.2) is 52.6 Å². The summed E-state index contributed by atoms with van der Waals surface area (Å²) in [5.41, 5.74) is 0.700. The molecule has 0 aromatic carbocycles. The molecule has 2 aliphatic heterocycles. The van der Waals surface area contributed by atoms with Gasteiger partial charge in [0.25, 0.3) is 5.91 Å². The van der Waals surface area contributed by atoms with Crippen LogP contribution in [-0.2, 0) is 9.47 Å². The minimum atomic E-state index is -0.199. The molecular formula is C19H18N4O4S. The van der Waals surface area contributed by atoms with Gasteiger partial charge in [0.1, 0.15) is 17.9 Å². The van der Waals surface area contributed by atoms with E-state index in [-0.39, 0.29) is 30.2 Å². The Balaban J connectivity index is 1.24. The van der Waals surface area contributed by atoms with Gasteiger partial charge in [-0.25, -0.2) is 9.97 Å². The Labute approximate surface area is 164 Å². The number of furan rings is 1. The Morgan fingerprint density at radius 2 is 1.96 bits per heavy atom. The number of ether oxygens (including phenoxy) is 2. The maximum absolute atomic E-state index is 12.3. The molecule has 0 saturated carbocycles. The molecule has 0 bridgehead atoms. The number of hydrogen-bond acceptors (Lipinski definition) is 8. The summed E-state index contributed by atoms with van der Waals surface area (Å²) in [6.45, 7) is 0.868. The summed E-state index contributed by atoms with van der Waals surface area (Å²) in [6, 6.07) is 8.84. The first-order valence-corrected chi connectivity index (χ1v) is 9.87. The van der Waals surface area contributed by atoms with Gasteiger partial charge in [-0.05, 0) is 29.6 Å². The second-order valence-electron chi connectivity index (χ2n) is 6.65. The van der Waals surface area contributed by atoms with Gasteiger partial charge in [-0.15, -0.1) is 11.3 Å². The summed E-state index contributed by atoms with van der Waals surface area (Å²) < 4.78 is 17.2. The number of amides is 1. The highest BCUT2D eigenvalue weighted by Gasteiger charge is 2.48. The molecule has 0 unspecified atom stereocenters. The molecule has 2 aliphatic rings. The fourth-order valence-electron chi connectivity index (χ4n) is 3.55. The van der Waals surface area contributed by atoms with Gasteiger partial charge in [0, 0.05) is 6.20 Å². The van der Waals surface area contributed by atoms with Gasteiger partial charge < -0.3 is 24.5 Å². The zero-order valence-electron chi connectivity index (χ0n) is 14.8. The minimum Gasteiger partial charge on any atom is -0.463 e. The fourth-order valence-corrected chi connectivity index (χ4v) is 4.18. The van der Waals surface area contributed by atoms with E-state index in [9.17, 15) is 4.79 Å². The van der Waals surface area contributed by atoms with Crippen molar-refractivity contribution in [3.63, 3.8) is 0 Å². The smallest absolute Gasteiger partial charge is 0.261 e. The Kier molecular flexibility index (Phi) is 4.55. The summed E-state index contributed by atoms with van der Waals surface area (Å²) in [4.78, 5) is 21.8. The maximum Gasteiger partial charge on any atom is 0.261 e. The Hall–Kier alpha value is -2.75. The number of nitrogens with zero attached hydrogens (tertiary/aromatic N) is 2. The van der Waals surface area contributed by atoms with Crippen molar-refractivity contribution in [1.29, 1.82) is 0 Å². The van der Waals surface area contributed by atoms with E-state index in [1.807, 2.05) is 23.6 Å². The minimum absolute atomic E-state index is 0.0968. The normalized spacial score (nSPS) is 26.1. The highest BCUT2D eigenvalue weighted by Crippen LogP contribution is 2.29. The largest absolute Gasteiger partial charge is 0.463 e. The number of hydrogen-bond donors (Lipinski definition) is 2. The third-order valence-corrected chi connectivity index (χ3v) is 5.73. The fraction of sp³-hybridized carbons (Fsp3) is 0.316. The van der Waals surface area contributed by atoms with E-state index >= 15 is 0 Å². The van der Waals surface area contributed by atoms with E-state index in [1.54, 1.807) is 24.6 Å². The Morgan fingerprint density at radius 3 is 2.75 bits per heavy atom. The van der Waals surface area contributed by atoms with E-state index in [4.69, 9.17) is 13.9 Å². The van der Waals surface area contributed by atoms with Crippen LogP contribution in [0.2, 0.25) is 0 Å². The van der Waals surface area contributed by atoms with Gasteiger partial charge in [-0.1, -0.05) is 6.07 Å². The molecule has 2 saturated heterocycles. The SMILES string of the molecule is O=C(N[C@H]1CO[C@H]2[C@H]1OC[C@H]2Nc1nccc(-c2ccco2)n1)c1cccs1. The topological polar surface area (TPSA) is 98.5 Å². The predicted molar refractivity (Wildman–Crippen MR) is 102 cm³/mol. The van der Waals surface area contributed by atoms with Crippen molar-refractivity contribution in [2.24, 2.45) is 0 Å². The van der Waals surface area contributed by atoms with Crippen molar-refractivity contribution in [2.45, 2.75) is 24.3 Å². The summed E-state index contributed by atoms with van der Waals surface area (Å²) in [7, 11) is 0. The van der Waals surface area contributed by atoms with Crippen molar-refractivity contribution in [1.82, 2.24) is 15.3 Å². The molecule has 144 valence electrons. The van der Waals surface area contributed by atoms with Gasteiger partial charge in [-0.3, -0.25) is 4.79 Å². The second-order valence-corrected chi connectivity index (χ2v) is 7.59. The number of carbonyl (C=O) groups is 1. The third kappa shape index (κ3) is 3.28. The molecule has 0 spiro atoms. The quantitative estimate of drug-likeness (QED) is 0.680. The second kappa shape index (κ2) is 7.34. The van der Waals surface area contributed by atoms with Crippen LogP contribution >= 0.6 is 11.3 Å². The summed E-state index contributed by atoms with van der Waals surface area (Å²) in [6.07, 6.45) is 2.91. The Bertz CT molecular complexity index is 947. The van der Waals surface area contributed by atoms with Gasteiger partial charge in [-0.2, -0.15) is 0 Å². The van der Waals surface area contributed by atoms with Crippen LogP contribution in [0.25, 0.3) is 11.5 Å². The molecule has 1 amide bonds. The van der Waals surface area contributed by atoms with Crippen LogP contribution in [0.5, 0.6) is 0 Å². The van der Waals surface area contributed by atoms with Crippen molar-refractivity contribution in [3.8, 4) is 11.5 Å². The van der Waals surface area contributed by atoms with E-state index in [1.165, 1.54) is 11.3 Å². The molecule has 3 aromatic rings. The van der Waals surface area contributed by atoms with Crippen LogP contribution in [0.4, 0.5) is 5.95 Å². The summed E-state index contributed by atoms with van der Waals surface area (Å²) in [5, 5.41) is 8.19. The maximum atomic E-state index is 12.3. The van der Waals surface area contributed by atoms with Crippen LogP contribution in [0, 0.1) is 0 Å². The monoisotopic (exact) mass is 398 g/mol. The van der Waals surface area contributed by atoms with Gasteiger partial charge in [0.2, 0.25) is 5.95 Å². The average molecular weight is 398 g/mol. The first-order valence-electron chi connectivity index (χ1n) is 8.99. The highest BCUT2D eigenvalue weighted by molar-refractivity contribution is 7.12. The van der Waals surface area contributed by atoms with Crippen molar-refractivity contribution in [3.05, 3.63) is 53.0 Å². The molecule has 8 nitrogen and oxygen atoms in total. The molecule has 2 fully saturated rings. The molecule has 4 atom stereocenters. The predicted octanol–water partition coefficient (Wildman–Crippen LogP) is 2.17. The highest BCUT2D eigenvalue weighted by atomic mass is 32.1. The Morgan fingerprint density at radius 1 is 1.11 bits per heavy atom. The number of anilines is 1. The molecule has 28 heavy (non-hydrogen) atoms. The van der Waals surface area contributed by atoms with E-state index in [2.05, 4.69) is 20.6 Å². The van der Waals surface area contributed by atoms with Crippen LogP contribution in [-0.4, -0.2) is 53.4 Å². The number of carbonyl (C=O) groups excluding carboxylic acids is 1. The van der Waals surface area contributed by atoms with Gasteiger partial charge in [0.15, 0.2) is 5.76 Å². The summed E-state index contributed by atoms with van der Waals surface area (Å²) in [5.74, 6) is 1.07. The molecule has 5 heterocycles. The lowest BCUT2D eigenvalue weighted by atomic mass is 10.1. The molecule has 9 heteroatoms. The van der Waals surface area contributed by atoms with Gasteiger partial charge >= 0.3 is 0 Å². The zero-order chi connectivity index (χ0) is 18.9. The van der Waals surface area contributed by atoms with E-state index in [0.717, 1.165) is 0 Å². The standard InChI is InChI=1S/C19H18N4O4S/c24-18(15-4-2-8-28-15)21-12-9-26-17-13(10-27-16(12)17)23-19-20-6-5-11(22-19)14-3-1-7-25-14/h1-8,12-13,16-17H,9-10H2,(H,21,24)(H,20,22,23)/t12-,13+,16-,17+/m0/s1. The number of fused-ring (bicyclic) bond motifs is 1. The summed E-state index contributed by atoms with van der Waals surface area (Å²) >= 11 is 1.41. The van der Waals surface area contributed by atoms with E-state index in [0.29, 0.717) is 35.5 Å². The lowest BCUT2D eigenvalue weighted by molar-refractivity contribution is 0.0652. The van der Waals surface area contributed by atoms with Crippen molar-refractivity contribution < 1.29 is 18.7 Å². The first kappa shape index (κ1) is 17.4. The average Bonchev–Trinajstić information content (AvgIpc) is 3.50. The number of nitrogens with one attached hydrogen (secondary N) is 2. The number of rotatable bonds is 5. The molecule has 0 radical (unpaired) electrons. The number of thiophene rings is 1. The first-order chi connectivity index (χ1) is 13.8. The molecule has 2 N–H and O–H groups in total. The molecular weight excluding hydrogens is 380 g/mol. The third-order valence-electron chi connectivity index (χ3n) is 4.86. The van der Waals surface area contributed by atoms with E-state index < -0.39 is 0 Å².